The van der Waals surface area contributed by atoms with Crippen LogP contribution in [0.25, 0.3) is 0 Å². The number of oxime groups is 1. The number of carbonyl (C=O) groups excluding carboxylic acids is 2. The Hall–Kier alpha value is -1.44. The van der Waals surface area contributed by atoms with E-state index < -0.39 is 25.1 Å². The molecule has 10 heteroatoms. The molecular weight excluding hydrogens is 303 g/mol. The normalized spacial score (nSPS) is 12.3. The zero-order valence-electron chi connectivity index (χ0n) is 12.5. The van der Waals surface area contributed by atoms with Gasteiger partial charge in [0, 0.05) is 0 Å². The number of amides is 1. The van der Waals surface area contributed by atoms with E-state index in [0.29, 0.717) is 0 Å². The molecule has 0 heterocycles. The Bertz CT molecular complexity index is 426. The van der Waals surface area contributed by atoms with Gasteiger partial charge in [0.15, 0.2) is 0 Å². The number of nitrogens with zero attached hydrogens (tertiary/aromatic N) is 1. The Morgan fingerprint density at radius 2 is 1.71 bits per heavy atom. The van der Waals surface area contributed by atoms with E-state index >= 15 is 0 Å². The Balaban J connectivity index is 5.02. The third-order valence-corrected chi connectivity index (χ3v) is 3.84. The maximum Gasteiger partial charge on any atom is 0.535 e. The van der Waals surface area contributed by atoms with Crippen LogP contribution in [0.1, 0.15) is 27.7 Å². The van der Waals surface area contributed by atoms with Crippen molar-refractivity contribution in [3.8, 4) is 0 Å². The molecule has 0 aliphatic rings. The van der Waals surface area contributed by atoms with Gasteiger partial charge >= 0.3 is 13.8 Å². The second-order valence-corrected chi connectivity index (χ2v) is 6.09. The van der Waals surface area contributed by atoms with Crippen molar-refractivity contribution in [2.45, 2.75) is 27.7 Å². The standard InChI is InChI=1S/C11H21N2O7P/c1-5-18-21(16,19-6-2)10(9(12)14)13-20-11(15)17-7-8(3)4/h8H,5-7H2,1-4H3,(H2,12,14)/b13-10-. The van der Waals surface area contributed by atoms with Crippen LogP contribution in [0.5, 0.6) is 0 Å². The molecule has 0 aromatic heterocycles. The predicted molar refractivity (Wildman–Crippen MR) is 74.8 cm³/mol. The molecule has 2 N–H and O–H groups in total. The maximum atomic E-state index is 12.3. The molecule has 0 atom stereocenters. The molecule has 0 aromatic rings. The van der Waals surface area contributed by atoms with Crippen molar-refractivity contribution >= 4 is 25.1 Å². The number of nitrogens with two attached hydrogens (primary N) is 1. The van der Waals surface area contributed by atoms with E-state index in [0.717, 1.165) is 0 Å². The van der Waals surface area contributed by atoms with Crippen molar-refractivity contribution < 1.29 is 32.8 Å². The number of primary amides is 1. The molecule has 0 saturated heterocycles. The Morgan fingerprint density at radius 3 is 2.10 bits per heavy atom. The van der Waals surface area contributed by atoms with Crippen molar-refractivity contribution in [1.82, 2.24) is 0 Å². The maximum absolute atomic E-state index is 12.3. The number of rotatable bonds is 9. The summed E-state index contributed by atoms with van der Waals surface area (Å²) >= 11 is 0. The van der Waals surface area contributed by atoms with Crippen molar-refractivity contribution in [1.29, 1.82) is 0 Å². The minimum Gasteiger partial charge on any atom is -0.432 e. The van der Waals surface area contributed by atoms with Gasteiger partial charge in [-0.25, -0.2) is 4.79 Å². The van der Waals surface area contributed by atoms with Crippen LogP contribution in [0.4, 0.5) is 4.79 Å². The van der Waals surface area contributed by atoms with Crippen LogP contribution in [0, 0.1) is 5.92 Å². The summed E-state index contributed by atoms with van der Waals surface area (Å²) in [5, 5.41) is 3.16. The number of carbonyl (C=O) groups is 2. The van der Waals surface area contributed by atoms with Gasteiger partial charge < -0.3 is 19.5 Å². The third kappa shape index (κ3) is 7.22. The fourth-order valence-corrected chi connectivity index (χ4v) is 2.48. The lowest BCUT2D eigenvalue weighted by Crippen LogP contribution is -2.26. The number of hydrogen-bond acceptors (Lipinski definition) is 8. The molecule has 9 nitrogen and oxygen atoms in total. The van der Waals surface area contributed by atoms with Crippen molar-refractivity contribution in [2.75, 3.05) is 19.8 Å². The van der Waals surface area contributed by atoms with Gasteiger partial charge in [-0.3, -0.25) is 14.2 Å². The first-order chi connectivity index (χ1) is 9.76. The highest BCUT2D eigenvalue weighted by Crippen LogP contribution is 2.49. The summed E-state index contributed by atoms with van der Waals surface area (Å²) in [6.45, 7) is 6.81. The largest absolute Gasteiger partial charge is 0.535 e. The summed E-state index contributed by atoms with van der Waals surface area (Å²) in [7, 11) is -4.04. The van der Waals surface area contributed by atoms with E-state index in [4.69, 9.17) is 14.8 Å². The summed E-state index contributed by atoms with van der Waals surface area (Å²) in [6.07, 6.45) is -1.15. The van der Waals surface area contributed by atoms with E-state index in [9.17, 15) is 14.2 Å². The molecule has 0 fully saturated rings. The average molecular weight is 324 g/mol. The van der Waals surface area contributed by atoms with Gasteiger partial charge in [-0.15, -0.1) is 0 Å². The fraction of sp³-hybridized carbons (Fsp3) is 0.727. The smallest absolute Gasteiger partial charge is 0.432 e. The van der Waals surface area contributed by atoms with Gasteiger partial charge in [0.05, 0.1) is 19.8 Å². The summed E-state index contributed by atoms with van der Waals surface area (Å²) in [6, 6.07) is 0. The molecule has 122 valence electrons. The van der Waals surface area contributed by atoms with Crippen LogP contribution in [-0.4, -0.2) is 37.3 Å². The number of ether oxygens (including phenoxy) is 1. The van der Waals surface area contributed by atoms with E-state index in [1.165, 1.54) is 0 Å². The van der Waals surface area contributed by atoms with Crippen LogP contribution < -0.4 is 5.73 Å². The lowest BCUT2D eigenvalue weighted by Gasteiger charge is -2.16. The van der Waals surface area contributed by atoms with Crippen molar-refractivity contribution in [3.05, 3.63) is 0 Å². The van der Waals surface area contributed by atoms with Gasteiger partial charge in [0.1, 0.15) is 0 Å². The number of hydrogen-bond donors (Lipinski definition) is 1. The molecule has 1 amide bonds. The summed E-state index contributed by atoms with van der Waals surface area (Å²) in [5.74, 6) is -1.09. The second-order valence-electron chi connectivity index (χ2n) is 4.16. The molecule has 0 aromatic carbocycles. The van der Waals surface area contributed by atoms with Crippen molar-refractivity contribution in [2.24, 2.45) is 16.8 Å². The molecule has 0 spiro atoms. The molecule has 0 unspecified atom stereocenters. The van der Waals surface area contributed by atoms with Gasteiger partial charge in [0.25, 0.3) is 11.4 Å². The van der Waals surface area contributed by atoms with Gasteiger partial charge in [-0.2, -0.15) is 0 Å². The topological polar surface area (TPSA) is 127 Å². The highest BCUT2D eigenvalue weighted by atomic mass is 31.2. The summed E-state index contributed by atoms with van der Waals surface area (Å²) in [4.78, 5) is 26.9. The molecule has 0 bridgehead atoms. The van der Waals surface area contributed by atoms with E-state index in [1.807, 2.05) is 13.8 Å². The molecule has 0 saturated carbocycles. The van der Waals surface area contributed by atoms with Gasteiger partial charge in [-0.1, -0.05) is 19.0 Å². The zero-order chi connectivity index (χ0) is 16.5. The predicted octanol–water partition coefficient (Wildman–Crippen LogP) is 1.86. The third-order valence-electron chi connectivity index (χ3n) is 1.82. The summed E-state index contributed by atoms with van der Waals surface area (Å²) < 4.78 is 26.8. The van der Waals surface area contributed by atoms with E-state index in [2.05, 4.69) is 14.7 Å². The molecular formula is C11H21N2O7P. The van der Waals surface area contributed by atoms with Crippen molar-refractivity contribution in [3.63, 3.8) is 0 Å². The zero-order valence-corrected chi connectivity index (χ0v) is 13.4. The minimum atomic E-state index is -4.04. The lowest BCUT2D eigenvalue weighted by molar-refractivity contribution is -0.111. The molecule has 21 heavy (non-hydrogen) atoms. The van der Waals surface area contributed by atoms with Crippen LogP contribution in [-0.2, 0) is 28.0 Å². The Labute approximate surface area is 123 Å². The quantitative estimate of drug-likeness (QED) is 0.225. The first-order valence-electron chi connectivity index (χ1n) is 6.38. The average Bonchev–Trinajstić information content (AvgIpc) is 2.36. The first kappa shape index (κ1) is 19.6. The van der Waals surface area contributed by atoms with Crippen LogP contribution in [0.3, 0.4) is 0 Å². The SMILES string of the molecule is CCOP(=O)(OCC)/C(=N\OC(=O)OCC(C)C)C(N)=O. The fourth-order valence-electron chi connectivity index (χ4n) is 1.07. The first-order valence-corrected chi connectivity index (χ1v) is 7.92. The minimum absolute atomic E-state index is 0.0125. The Kier molecular flexibility index (Phi) is 8.84. The highest BCUT2D eigenvalue weighted by molar-refractivity contribution is 7.75. The molecule has 0 aliphatic heterocycles. The van der Waals surface area contributed by atoms with Crippen LogP contribution in [0.2, 0.25) is 0 Å². The van der Waals surface area contributed by atoms with Gasteiger partial charge in [0.2, 0.25) is 0 Å². The molecule has 0 aliphatic carbocycles. The van der Waals surface area contributed by atoms with Crippen LogP contribution in [0.15, 0.2) is 5.16 Å². The summed E-state index contributed by atoms with van der Waals surface area (Å²) in [5.41, 5.74) is 4.26. The van der Waals surface area contributed by atoms with E-state index in [1.54, 1.807) is 13.8 Å². The second kappa shape index (κ2) is 9.49. The molecule has 0 radical (unpaired) electrons. The van der Waals surface area contributed by atoms with Gasteiger partial charge in [-0.05, 0) is 19.8 Å². The monoisotopic (exact) mass is 324 g/mol. The Morgan fingerprint density at radius 1 is 1.19 bits per heavy atom. The lowest BCUT2D eigenvalue weighted by atomic mass is 10.2. The van der Waals surface area contributed by atoms with E-state index in [-0.39, 0.29) is 25.7 Å². The highest BCUT2D eigenvalue weighted by Gasteiger charge is 2.37. The molecule has 0 rings (SSSR count). The van der Waals surface area contributed by atoms with Crippen LogP contribution >= 0.6 is 7.60 Å².